The maximum atomic E-state index is 12.7. The van der Waals surface area contributed by atoms with Crippen LogP contribution in [0.4, 0.5) is 4.39 Å². The molecule has 1 aromatic carbocycles. The van der Waals surface area contributed by atoms with Crippen LogP contribution < -0.4 is 0 Å². The zero-order chi connectivity index (χ0) is 13.6. The Balaban J connectivity index is 2.58. The lowest BCUT2D eigenvalue weighted by Gasteiger charge is -2.17. The monoisotopic (exact) mass is 275 g/mol. The quantitative estimate of drug-likeness (QED) is 0.764. The summed E-state index contributed by atoms with van der Waals surface area (Å²) in [7, 11) is -1.81. The fourth-order valence-corrected chi connectivity index (χ4v) is 2.72. The zero-order valence-corrected chi connectivity index (χ0v) is 11.2. The second kappa shape index (κ2) is 6.82. The standard InChI is InChI=1S/C12H18FNO3S/c1-14(18(16,17)9-3-2-8-15)10-11-4-6-12(13)7-5-11/h4-7,15H,2-3,8-10H2,1H3. The van der Waals surface area contributed by atoms with Crippen molar-refractivity contribution in [2.45, 2.75) is 19.4 Å². The summed E-state index contributed by atoms with van der Waals surface area (Å²) in [5.74, 6) is -0.321. The number of aliphatic hydroxyl groups is 1. The van der Waals surface area contributed by atoms with Crippen molar-refractivity contribution in [2.75, 3.05) is 19.4 Å². The molecule has 0 saturated heterocycles. The molecule has 0 amide bonds. The summed E-state index contributed by atoms with van der Waals surface area (Å²) < 4.78 is 37.6. The van der Waals surface area contributed by atoms with Gasteiger partial charge in [-0.3, -0.25) is 0 Å². The molecule has 18 heavy (non-hydrogen) atoms. The van der Waals surface area contributed by atoms with Crippen LogP contribution in [0.5, 0.6) is 0 Å². The molecule has 0 spiro atoms. The predicted octanol–water partition coefficient (Wildman–Crippen LogP) is 1.36. The average Bonchev–Trinajstić information content (AvgIpc) is 2.32. The number of rotatable bonds is 7. The minimum Gasteiger partial charge on any atom is -0.396 e. The molecular weight excluding hydrogens is 257 g/mol. The molecule has 0 unspecified atom stereocenters. The number of unbranched alkanes of at least 4 members (excludes halogenated alkanes) is 1. The Morgan fingerprint density at radius 2 is 1.83 bits per heavy atom. The van der Waals surface area contributed by atoms with E-state index in [4.69, 9.17) is 5.11 Å². The van der Waals surface area contributed by atoms with Gasteiger partial charge < -0.3 is 5.11 Å². The molecule has 0 saturated carbocycles. The van der Waals surface area contributed by atoms with Gasteiger partial charge in [0, 0.05) is 20.2 Å². The average molecular weight is 275 g/mol. The van der Waals surface area contributed by atoms with E-state index in [-0.39, 0.29) is 24.7 Å². The van der Waals surface area contributed by atoms with Gasteiger partial charge >= 0.3 is 0 Å². The molecule has 0 fully saturated rings. The van der Waals surface area contributed by atoms with E-state index in [1.54, 1.807) is 12.1 Å². The van der Waals surface area contributed by atoms with Gasteiger partial charge in [-0.2, -0.15) is 0 Å². The minimum atomic E-state index is -3.31. The summed E-state index contributed by atoms with van der Waals surface area (Å²) in [6.07, 6.45) is 0.913. The van der Waals surface area contributed by atoms with E-state index in [1.165, 1.54) is 23.5 Å². The van der Waals surface area contributed by atoms with E-state index in [0.717, 1.165) is 5.56 Å². The summed E-state index contributed by atoms with van der Waals surface area (Å²) >= 11 is 0. The van der Waals surface area contributed by atoms with Gasteiger partial charge in [0.25, 0.3) is 0 Å². The smallest absolute Gasteiger partial charge is 0.214 e. The highest BCUT2D eigenvalue weighted by molar-refractivity contribution is 7.89. The SMILES string of the molecule is CN(Cc1ccc(F)cc1)S(=O)(=O)CCCCO. The molecule has 0 aromatic heterocycles. The highest BCUT2D eigenvalue weighted by Crippen LogP contribution is 2.10. The summed E-state index contributed by atoms with van der Waals surface area (Å²) in [6.45, 7) is 0.221. The summed E-state index contributed by atoms with van der Waals surface area (Å²) in [5.41, 5.74) is 0.740. The van der Waals surface area contributed by atoms with Crippen LogP contribution in [0.1, 0.15) is 18.4 Å². The Morgan fingerprint density at radius 3 is 2.39 bits per heavy atom. The first-order chi connectivity index (χ1) is 8.45. The Hall–Kier alpha value is -0.980. The lowest BCUT2D eigenvalue weighted by Crippen LogP contribution is -2.28. The highest BCUT2D eigenvalue weighted by atomic mass is 32.2. The van der Waals surface area contributed by atoms with Crippen LogP contribution in [0.15, 0.2) is 24.3 Å². The first-order valence-corrected chi connectivity index (χ1v) is 7.36. The van der Waals surface area contributed by atoms with Gasteiger partial charge in [0.2, 0.25) is 10.0 Å². The first-order valence-electron chi connectivity index (χ1n) is 5.75. The van der Waals surface area contributed by atoms with Crippen molar-refractivity contribution in [2.24, 2.45) is 0 Å². The lowest BCUT2D eigenvalue weighted by atomic mass is 10.2. The lowest BCUT2D eigenvalue weighted by molar-refractivity contribution is 0.287. The molecule has 1 N–H and O–H groups in total. The van der Waals surface area contributed by atoms with Crippen molar-refractivity contribution in [3.63, 3.8) is 0 Å². The molecule has 0 heterocycles. The number of hydrogen-bond acceptors (Lipinski definition) is 3. The number of benzene rings is 1. The third-order valence-corrected chi connectivity index (χ3v) is 4.49. The van der Waals surface area contributed by atoms with Crippen molar-refractivity contribution < 1.29 is 17.9 Å². The maximum Gasteiger partial charge on any atom is 0.214 e. The van der Waals surface area contributed by atoms with Crippen molar-refractivity contribution >= 4 is 10.0 Å². The van der Waals surface area contributed by atoms with Gasteiger partial charge in [-0.05, 0) is 30.5 Å². The third-order valence-electron chi connectivity index (χ3n) is 2.60. The first kappa shape index (κ1) is 15.1. The van der Waals surface area contributed by atoms with Crippen LogP contribution in [0, 0.1) is 5.82 Å². The minimum absolute atomic E-state index is 0.00278. The Morgan fingerprint density at radius 1 is 1.22 bits per heavy atom. The molecule has 0 aliphatic rings. The number of sulfonamides is 1. The van der Waals surface area contributed by atoms with Gasteiger partial charge in [-0.1, -0.05) is 12.1 Å². The third kappa shape index (κ3) is 4.72. The fourth-order valence-electron chi connectivity index (χ4n) is 1.50. The van der Waals surface area contributed by atoms with E-state index < -0.39 is 10.0 Å². The number of halogens is 1. The van der Waals surface area contributed by atoms with E-state index >= 15 is 0 Å². The Kier molecular flexibility index (Phi) is 5.71. The Labute approximate surface area is 107 Å². The molecule has 1 rings (SSSR count). The molecular formula is C12H18FNO3S. The molecule has 1 aromatic rings. The van der Waals surface area contributed by atoms with Crippen LogP contribution in [0.2, 0.25) is 0 Å². The normalized spacial score (nSPS) is 12.0. The summed E-state index contributed by atoms with van der Waals surface area (Å²) in [6, 6.07) is 5.74. The molecule has 102 valence electrons. The van der Waals surface area contributed by atoms with E-state index in [9.17, 15) is 12.8 Å². The zero-order valence-electron chi connectivity index (χ0n) is 10.3. The van der Waals surface area contributed by atoms with Crippen molar-refractivity contribution in [3.8, 4) is 0 Å². The summed E-state index contributed by atoms with van der Waals surface area (Å²) in [4.78, 5) is 0. The highest BCUT2D eigenvalue weighted by Gasteiger charge is 2.17. The van der Waals surface area contributed by atoms with Gasteiger partial charge in [0.05, 0.1) is 5.75 Å². The largest absolute Gasteiger partial charge is 0.396 e. The van der Waals surface area contributed by atoms with E-state index in [2.05, 4.69) is 0 Å². The molecule has 0 bridgehead atoms. The number of nitrogens with zero attached hydrogens (tertiary/aromatic N) is 1. The van der Waals surface area contributed by atoms with Crippen molar-refractivity contribution in [1.29, 1.82) is 0 Å². The fraction of sp³-hybridized carbons (Fsp3) is 0.500. The van der Waals surface area contributed by atoms with Crippen LogP contribution in [0.25, 0.3) is 0 Å². The molecule has 0 aliphatic carbocycles. The van der Waals surface area contributed by atoms with Crippen molar-refractivity contribution in [3.05, 3.63) is 35.6 Å². The second-order valence-corrected chi connectivity index (χ2v) is 6.32. The topological polar surface area (TPSA) is 57.6 Å². The van der Waals surface area contributed by atoms with Crippen LogP contribution in [-0.4, -0.2) is 37.2 Å². The molecule has 0 radical (unpaired) electrons. The van der Waals surface area contributed by atoms with E-state index in [1.807, 2.05) is 0 Å². The van der Waals surface area contributed by atoms with E-state index in [0.29, 0.717) is 12.8 Å². The van der Waals surface area contributed by atoms with Gasteiger partial charge in [0.15, 0.2) is 0 Å². The second-order valence-electron chi connectivity index (χ2n) is 4.13. The number of aliphatic hydroxyl groups excluding tert-OH is 1. The summed E-state index contributed by atoms with van der Waals surface area (Å²) in [5, 5.41) is 8.62. The van der Waals surface area contributed by atoms with Crippen molar-refractivity contribution in [1.82, 2.24) is 4.31 Å². The molecule has 0 atom stereocenters. The van der Waals surface area contributed by atoms with Crippen LogP contribution in [0.3, 0.4) is 0 Å². The predicted molar refractivity (Wildman–Crippen MR) is 68.0 cm³/mol. The molecule has 6 heteroatoms. The molecule has 4 nitrogen and oxygen atoms in total. The van der Waals surface area contributed by atoms with Gasteiger partial charge in [0.1, 0.15) is 5.82 Å². The molecule has 0 aliphatic heterocycles. The van der Waals surface area contributed by atoms with Gasteiger partial charge in [-0.25, -0.2) is 17.1 Å². The number of hydrogen-bond donors (Lipinski definition) is 1. The van der Waals surface area contributed by atoms with Crippen LogP contribution >= 0.6 is 0 Å². The van der Waals surface area contributed by atoms with Gasteiger partial charge in [-0.15, -0.1) is 0 Å². The maximum absolute atomic E-state index is 12.7. The van der Waals surface area contributed by atoms with Crippen LogP contribution in [-0.2, 0) is 16.6 Å². The Bertz CT molecular complexity index is 459.